The highest BCUT2D eigenvalue weighted by atomic mass is 32.2. The number of aromatic nitrogens is 1. The van der Waals surface area contributed by atoms with Crippen molar-refractivity contribution in [2.45, 2.75) is 6.92 Å². The zero-order chi connectivity index (χ0) is 14.7. The van der Waals surface area contributed by atoms with E-state index in [1.54, 1.807) is 11.8 Å². The molecule has 2 aliphatic rings. The van der Waals surface area contributed by atoms with Crippen molar-refractivity contribution in [3.05, 3.63) is 24.4 Å². The lowest BCUT2D eigenvalue weighted by atomic mass is 10.3. The van der Waals surface area contributed by atoms with E-state index in [1.165, 1.54) is 6.92 Å². The minimum atomic E-state index is 0.0655. The van der Waals surface area contributed by atoms with Gasteiger partial charge >= 0.3 is 0 Å². The molecule has 0 radical (unpaired) electrons. The van der Waals surface area contributed by atoms with Gasteiger partial charge in [0.1, 0.15) is 12.4 Å². The van der Waals surface area contributed by atoms with E-state index in [4.69, 9.17) is 0 Å². The maximum atomic E-state index is 10.9. The number of nitrogens with zero attached hydrogens (tertiary/aromatic N) is 5. The van der Waals surface area contributed by atoms with Gasteiger partial charge in [-0.15, -0.1) is 0 Å². The molecule has 0 N–H and O–H groups in total. The molecule has 1 fully saturated rings. The Morgan fingerprint density at radius 1 is 1.29 bits per heavy atom. The van der Waals surface area contributed by atoms with Crippen LogP contribution in [0.25, 0.3) is 0 Å². The lowest BCUT2D eigenvalue weighted by molar-refractivity contribution is -0.115. The number of carbonyl (C=O) groups is 1. The molecule has 2 aliphatic heterocycles. The zero-order valence-corrected chi connectivity index (χ0v) is 12.7. The summed E-state index contributed by atoms with van der Waals surface area (Å²) in [5.74, 6) is 1.10. The number of carbonyl (C=O) groups excluding carboxylic acids is 1. The molecular formula is C14H17N5OS. The van der Waals surface area contributed by atoms with Crippen LogP contribution in [0.5, 0.6) is 0 Å². The van der Waals surface area contributed by atoms with Crippen LogP contribution in [0, 0.1) is 0 Å². The number of ketones is 1. The molecule has 1 aromatic rings. The number of piperazine rings is 1. The van der Waals surface area contributed by atoms with Crippen LogP contribution >= 0.6 is 11.8 Å². The monoisotopic (exact) mass is 303 g/mol. The van der Waals surface area contributed by atoms with E-state index in [1.807, 2.05) is 24.4 Å². The number of anilines is 1. The predicted molar refractivity (Wildman–Crippen MR) is 86.0 cm³/mol. The number of aliphatic imine (C=N–C) groups is 2. The first-order chi connectivity index (χ1) is 10.2. The molecule has 0 unspecified atom stereocenters. The van der Waals surface area contributed by atoms with Gasteiger partial charge in [0.15, 0.2) is 16.1 Å². The van der Waals surface area contributed by atoms with Gasteiger partial charge in [-0.2, -0.15) is 4.99 Å². The topological polar surface area (TPSA) is 61.2 Å². The van der Waals surface area contributed by atoms with Crippen molar-refractivity contribution in [3.63, 3.8) is 0 Å². The smallest absolute Gasteiger partial charge is 0.193 e. The average molecular weight is 303 g/mol. The van der Waals surface area contributed by atoms with Gasteiger partial charge in [0.05, 0.1) is 0 Å². The molecule has 0 aromatic carbocycles. The fourth-order valence-electron chi connectivity index (χ4n) is 2.22. The van der Waals surface area contributed by atoms with Crippen LogP contribution in [0.2, 0.25) is 0 Å². The second-order valence-corrected chi connectivity index (χ2v) is 5.89. The van der Waals surface area contributed by atoms with E-state index in [0.717, 1.165) is 37.2 Å². The second kappa shape index (κ2) is 6.26. The zero-order valence-electron chi connectivity index (χ0n) is 11.9. The summed E-state index contributed by atoms with van der Waals surface area (Å²) in [5, 5.41) is 1.73. The van der Waals surface area contributed by atoms with Crippen molar-refractivity contribution in [1.82, 2.24) is 9.88 Å². The van der Waals surface area contributed by atoms with E-state index >= 15 is 0 Å². The molecule has 3 rings (SSSR count). The fraction of sp³-hybridized carbons (Fsp3) is 0.429. The quantitative estimate of drug-likeness (QED) is 0.841. The SMILES string of the molecule is CC(=O)CN=C1N=C(N2CCN(c3ccccn3)CC2)S1. The Balaban J connectivity index is 1.52. The molecule has 6 nitrogen and oxygen atoms in total. The second-order valence-electron chi connectivity index (χ2n) is 4.96. The molecule has 21 heavy (non-hydrogen) atoms. The number of thioether (sulfide) groups is 1. The lowest BCUT2D eigenvalue weighted by Gasteiger charge is -2.38. The third-order valence-electron chi connectivity index (χ3n) is 3.33. The maximum Gasteiger partial charge on any atom is 0.193 e. The lowest BCUT2D eigenvalue weighted by Crippen LogP contribution is -2.49. The fourth-order valence-corrected chi connectivity index (χ4v) is 2.96. The number of hydrogen-bond acceptors (Lipinski definition) is 6. The van der Waals surface area contributed by atoms with Crippen molar-refractivity contribution in [2.75, 3.05) is 37.6 Å². The molecular weight excluding hydrogens is 286 g/mol. The minimum absolute atomic E-state index is 0.0655. The van der Waals surface area contributed by atoms with Gasteiger partial charge in [-0.1, -0.05) is 6.07 Å². The summed E-state index contributed by atoms with van der Waals surface area (Å²) in [7, 11) is 0. The number of Topliss-reactive ketones (excluding diaryl/α,β-unsaturated/α-hetero) is 1. The van der Waals surface area contributed by atoms with E-state index in [2.05, 4.69) is 24.8 Å². The normalized spacial score (nSPS) is 20.2. The summed E-state index contributed by atoms with van der Waals surface area (Å²) in [6.07, 6.45) is 1.82. The summed E-state index contributed by atoms with van der Waals surface area (Å²) in [4.78, 5) is 28.3. The summed E-state index contributed by atoms with van der Waals surface area (Å²) in [6, 6.07) is 5.98. The standard InChI is InChI=1S/C14H17N5OS/c1-11(20)10-16-13-17-14(21-13)19-8-6-18(7-9-19)12-4-2-3-5-15-12/h2-5H,6-10H2,1H3. The van der Waals surface area contributed by atoms with Gasteiger partial charge in [-0.25, -0.2) is 4.98 Å². The van der Waals surface area contributed by atoms with Crippen molar-refractivity contribution in [1.29, 1.82) is 0 Å². The number of rotatable bonds is 3. The Morgan fingerprint density at radius 3 is 2.62 bits per heavy atom. The van der Waals surface area contributed by atoms with Gasteiger partial charge in [0.2, 0.25) is 0 Å². The molecule has 7 heteroatoms. The third kappa shape index (κ3) is 3.41. The van der Waals surface area contributed by atoms with Crippen molar-refractivity contribution < 1.29 is 4.79 Å². The van der Waals surface area contributed by atoms with Crippen LogP contribution in [-0.2, 0) is 4.79 Å². The first-order valence-electron chi connectivity index (χ1n) is 6.94. The highest BCUT2D eigenvalue weighted by molar-refractivity contribution is 8.28. The first-order valence-corrected chi connectivity index (χ1v) is 7.75. The van der Waals surface area contributed by atoms with E-state index < -0.39 is 0 Å². The van der Waals surface area contributed by atoms with Crippen LogP contribution in [0.15, 0.2) is 34.4 Å². The molecule has 1 aromatic heterocycles. The molecule has 0 aliphatic carbocycles. The average Bonchev–Trinajstić information content (AvgIpc) is 2.47. The van der Waals surface area contributed by atoms with Crippen LogP contribution in [0.1, 0.15) is 6.92 Å². The van der Waals surface area contributed by atoms with Crippen molar-refractivity contribution >= 4 is 33.7 Å². The maximum absolute atomic E-state index is 10.9. The molecule has 0 spiro atoms. The Bertz CT molecular complexity index is 578. The first kappa shape index (κ1) is 14.1. The van der Waals surface area contributed by atoms with Gasteiger partial charge in [-0.3, -0.25) is 9.79 Å². The predicted octanol–water partition coefficient (Wildman–Crippen LogP) is 1.25. The Labute approximate surface area is 128 Å². The molecule has 0 atom stereocenters. The summed E-state index contributed by atoms with van der Waals surface area (Å²) >= 11 is 1.56. The molecule has 0 amide bonds. The third-order valence-corrected chi connectivity index (χ3v) is 4.27. The highest BCUT2D eigenvalue weighted by Gasteiger charge is 2.27. The van der Waals surface area contributed by atoms with Crippen LogP contribution in [0.4, 0.5) is 5.82 Å². The van der Waals surface area contributed by atoms with E-state index in [-0.39, 0.29) is 12.3 Å². The van der Waals surface area contributed by atoms with Gasteiger partial charge in [0.25, 0.3) is 0 Å². The molecule has 3 heterocycles. The Morgan fingerprint density at radius 2 is 2.00 bits per heavy atom. The van der Waals surface area contributed by atoms with Crippen LogP contribution in [-0.4, -0.2) is 58.7 Å². The van der Waals surface area contributed by atoms with E-state index in [9.17, 15) is 4.79 Å². The summed E-state index contributed by atoms with van der Waals surface area (Å²) in [6.45, 7) is 5.51. The summed E-state index contributed by atoms with van der Waals surface area (Å²) in [5.41, 5.74) is 0. The van der Waals surface area contributed by atoms with Gasteiger partial charge in [-0.05, 0) is 30.8 Å². The molecule has 1 saturated heterocycles. The number of pyridine rings is 1. The van der Waals surface area contributed by atoms with Crippen molar-refractivity contribution in [3.8, 4) is 0 Å². The largest absolute Gasteiger partial charge is 0.353 e. The van der Waals surface area contributed by atoms with Crippen LogP contribution < -0.4 is 4.90 Å². The summed E-state index contributed by atoms with van der Waals surface area (Å²) < 4.78 is 0. The number of hydrogen-bond donors (Lipinski definition) is 0. The molecule has 0 bridgehead atoms. The minimum Gasteiger partial charge on any atom is -0.353 e. The highest BCUT2D eigenvalue weighted by Crippen LogP contribution is 2.24. The Hall–Kier alpha value is -1.89. The van der Waals surface area contributed by atoms with Gasteiger partial charge < -0.3 is 9.80 Å². The molecule has 0 saturated carbocycles. The molecule has 110 valence electrons. The van der Waals surface area contributed by atoms with Crippen molar-refractivity contribution in [2.24, 2.45) is 9.98 Å². The van der Waals surface area contributed by atoms with Gasteiger partial charge in [0, 0.05) is 32.4 Å². The van der Waals surface area contributed by atoms with Crippen LogP contribution in [0.3, 0.4) is 0 Å². The van der Waals surface area contributed by atoms with E-state index in [0.29, 0.717) is 5.17 Å². The number of amidine groups is 2. The Kier molecular flexibility index (Phi) is 4.19.